The third-order valence-corrected chi connectivity index (χ3v) is 4.92. The molecule has 4 heterocycles. The highest BCUT2D eigenvalue weighted by molar-refractivity contribution is 6.31. The highest BCUT2D eigenvalue weighted by Gasteiger charge is 2.27. The SMILES string of the molecule is Oc1ccc(C2Nc3ncccc3-c3ccnc4[nH]cc2c34)c(Cl)c1. The Bertz CT molecular complexity index is 1120. The average molecular weight is 349 g/mol. The number of benzene rings is 1. The Hall–Kier alpha value is -3.05. The quantitative estimate of drug-likeness (QED) is 0.473. The molecule has 0 bridgehead atoms. The van der Waals surface area contributed by atoms with Crippen LogP contribution < -0.4 is 5.32 Å². The molecule has 3 aromatic heterocycles. The van der Waals surface area contributed by atoms with Crippen LogP contribution in [0.5, 0.6) is 5.75 Å². The van der Waals surface area contributed by atoms with Gasteiger partial charge in [-0.05, 0) is 41.5 Å². The fourth-order valence-electron chi connectivity index (χ4n) is 3.48. The van der Waals surface area contributed by atoms with Gasteiger partial charge in [-0.25, -0.2) is 9.97 Å². The highest BCUT2D eigenvalue weighted by atomic mass is 35.5. The number of hydrogen-bond donors (Lipinski definition) is 3. The van der Waals surface area contributed by atoms with Crippen molar-refractivity contribution in [3.8, 4) is 16.9 Å². The summed E-state index contributed by atoms with van der Waals surface area (Å²) in [7, 11) is 0. The molecule has 0 spiro atoms. The first-order valence-corrected chi connectivity index (χ1v) is 8.26. The minimum Gasteiger partial charge on any atom is -0.508 e. The summed E-state index contributed by atoms with van der Waals surface area (Å²) in [4.78, 5) is 12.2. The number of nitrogens with one attached hydrogen (secondary N) is 2. The van der Waals surface area contributed by atoms with Crippen molar-refractivity contribution >= 4 is 28.5 Å². The topological polar surface area (TPSA) is 73.8 Å². The lowest BCUT2D eigenvalue weighted by atomic mass is 9.97. The van der Waals surface area contributed by atoms with Gasteiger partial charge in [0, 0.05) is 40.1 Å². The van der Waals surface area contributed by atoms with Crippen LogP contribution in [0.15, 0.2) is 55.0 Å². The molecule has 5 rings (SSSR count). The molecule has 1 aliphatic rings. The molecule has 4 aromatic rings. The van der Waals surface area contributed by atoms with Crippen molar-refractivity contribution in [2.75, 3.05) is 5.32 Å². The molecular formula is C19H13ClN4O. The zero-order valence-corrected chi connectivity index (χ0v) is 13.7. The summed E-state index contributed by atoms with van der Waals surface area (Å²) in [6.45, 7) is 0. The van der Waals surface area contributed by atoms with E-state index in [0.717, 1.165) is 39.1 Å². The predicted octanol–water partition coefficient (Wildman–Crippen LogP) is 4.50. The maximum atomic E-state index is 9.69. The van der Waals surface area contributed by atoms with E-state index in [0.29, 0.717) is 5.02 Å². The van der Waals surface area contributed by atoms with E-state index in [9.17, 15) is 5.11 Å². The molecule has 0 fully saturated rings. The van der Waals surface area contributed by atoms with E-state index >= 15 is 0 Å². The van der Waals surface area contributed by atoms with E-state index in [2.05, 4.69) is 20.3 Å². The zero-order valence-electron chi connectivity index (χ0n) is 13.0. The van der Waals surface area contributed by atoms with Gasteiger partial charge >= 0.3 is 0 Å². The van der Waals surface area contributed by atoms with Crippen LogP contribution in [0, 0.1) is 0 Å². The molecule has 122 valence electrons. The molecule has 1 atom stereocenters. The maximum Gasteiger partial charge on any atom is 0.138 e. The highest BCUT2D eigenvalue weighted by Crippen LogP contribution is 2.44. The first-order chi connectivity index (χ1) is 12.2. The first-order valence-electron chi connectivity index (χ1n) is 7.88. The largest absolute Gasteiger partial charge is 0.508 e. The molecule has 5 nitrogen and oxygen atoms in total. The average Bonchev–Trinajstić information content (AvgIpc) is 2.98. The fraction of sp³-hybridized carbons (Fsp3) is 0.0526. The second-order valence-corrected chi connectivity index (χ2v) is 6.42. The molecule has 0 amide bonds. The molecular weight excluding hydrogens is 336 g/mol. The normalized spacial score (nSPS) is 15.5. The van der Waals surface area contributed by atoms with Gasteiger partial charge in [-0.1, -0.05) is 17.7 Å². The first kappa shape index (κ1) is 14.3. The molecule has 0 aliphatic carbocycles. The lowest BCUT2D eigenvalue weighted by Gasteiger charge is -2.20. The third kappa shape index (κ3) is 2.09. The van der Waals surface area contributed by atoms with Crippen LogP contribution in [0.4, 0.5) is 5.82 Å². The number of anilines is 1. The van der Waals surface area contributed by atoms with Crippen molar-refractivity contribution in [1.82, 2.24) is 15.0 Å². The van der Waals surface area contributed by atoms with Crippen LogP contribution in [0.25, 0.3) is 22.2 Å². The van der Waals surface area contributed by atoms with Gasteiger partial charge in [-0.15, -0.1) is 0 Å². The minimum atomic E-state index is -0.207. The molecule has 1 aliphatic heterocycles. The number of H-pyrrole nitrogens is 1. The van der Waals surface area contributed by atoms with Crippen LogP contribution in [0.1, 0.15) is 17.2 Å². The van der Waals surface area contributed by atoms with Crippen molar-refractivity contribution in [1.29, 1.82) is 0 Å². The Balaban J connectivity index is 1.85. The second kappa shape index (κ2) is 5.22. The molecule has 0 radical (unpaired) electrons. The lowest BCUT2D eigenvalue weighted by Crippen LogP contribution is -2.12. The molecule has 6 heteroatoms. The summed E-state index contributed by atoms with van der Waals surface area (Å²) >= 11 is 6.43. The van der Waals surface area contributed by atoms with Crippen molar-refractivity contribution in [3.63, 3.8) is 0 Å². The van der Waals surface area contributed by atoms with E-state index in [-0.39, 0.29) is 11.8 Å². The summed E-state index contributed by atoms with van der Waals surface area (Å²) in [5.41, 5.74) is 4.84. The van der Waals surface area contributed by atoms with Crippen LogP contribution in [-0.2, 0) is 0 Å². The number of rotatable bonds is 1. The summed E-state index contributed by atoms with van der Waals surface area (Å²) in [6.07, 6.45) is 5.51. The molecule has 3 N–H and O–H groups in total. The Kier molecular flexibility index (Phi) is 2.99. The van der Waals surface area contributed by atoms with Gasteiger partial charge in [-0.2, -0.15) is 0 Å². The monoisotopic (exact) mass is 348 g/mol. The number of phenols is 1. The number of aromatic hydroxyl groups is 1. The smallest absolute Gasteiger partial charge is 0.138 e. The molecule has 25 heavy (non-hydrogen) atoms. The third-order valence-electron chi connectivity index (χ3n) is 4.59. The molecule has 1 aromatic carbocycles. The number of fused-ring (bicyclic) bond motifs is 2. The van der Waals surface area contributed by atoms with E-state index < -0.39 is 0 Å². The number of aromatic amines is 1. The molecule has 0 saturated heterocycles. The van der Waals surface area contributed by atoms with Crippen molar-refractivity contribution in [2.24, 2.45) is 0 Å². The van der Waals surface area contributed by atoms with Gasteiger partial charge in [0.2, 0.25) is 0 Å². The predicted molar refractivity (Wildman–Crippen MR) is 97.9 cm³/mol. The van der Waals surface area contributed by atoms with Gasteiger partial charge in [0.1, 0.15) is 17.2 Å². The Morgan fingerprint density at radius 2 is 1.92 bits per heavy atom. The summed E-state index contributed by atoms with van der Waals surface area (Å²) in [5, 5.41) is 14.7. The van der Waals surface area contributed by atoms with E-state index in [1.807, 2.05) is 30.5 Å². The molecule has 1 unspecified atom stereocenters. The summed E-state index contributed by atoms with van der Waals surface area (Å²) in [6, 6.07) is 10.8. The van der Waals surface area contributed by atoms with Crippen LogP contribution >= 0.6 is 11.6 Å². The van der Waals surface area contributed by atoms with E-state index in [4.69, 9.17) is 11.6 Å². The van der Waals surface area contributed by atoms with Crippen LogP contribution in [0.2, 0.25) is 5.02 Å². The summed E-state index contributed by atoms with van der Waals surface area (Å²) < 4.78 is 0. The number of pyridine rings is 2. The van der Waals surface area contributed by atoms with Gasteiger partial charge in [0.25, 0.3) is 0 Å². The Morgan fingerprint density at radius 1 is 1.00 bits per heavy atom. The zero-order chi connectivity index (χ0) is 17.0. The second-order valence-electron chi connectivity index (χ2n) is 6.01. The number of aromatic nitrogens is 3. The van der Waals surface area contributed by atoms with Gasteiger partial charge in [0.05, 0.1) is 6.04 Å². The summed E-state index contributed by atoms with van der Waals surface area (Å²) in [5.74, 6) is 0.933. The lowest BCUT2D eigenvalue weighted by molar-refractivity contribution is 0.475. The minimum absolute atomic E-state index is 0.141. The fourth-order valence-corrected chi connectivity index (χ4v) is 3.77. The standard InChI is InChI=1S/C19H13ClN4O/c20-15-8-10(25)3-4-13(15)17-14-9-23-19-16(14)11(5-7-22-19)12-2-1-6-21-18(12)24-17/h1-9,17,25H,(H,21,24)(H,22,23). The Labute approximate surface area is 148 Å². The van der Waals surface area contributed by atoms with Crippen LogP contribution in [-0.4, -0.2) is 20.1 Å². The maximum absolute atomic E-state index is 9.69. The van der Waals surface area contributed by atoms with Gasteiger partial charge in [0.15, 0.2) is 0 Å². The number of phenolic OH excluding ortho intramolecular Hbond substituents is 1. The van der Waals surface area contributed by atoms with Crippen molar-refractivity contribution < 1.29 is 5.11 Å². The van der Waals surface area contributed by atoms with Crippen molar-refractivity contribution in [2.45, 2.75) is 6.04 Å². The Morgan fingerprint density at radius 3 is 2.80 bits per heavy atom. The van der Waals surface area contributed by atoms with Crippen molar-refractivity contribution in [3.05, 3.63) is 71.1 Å². The van der Waals surface area contributed by atoms with Gasteiger partial charge < -0.3 is 15.4 Å². The molecule has 0 saturated carbocycles. The number of halogens is 1. The van der Waals surface area contributed by atoms with E-state index in [1.54, 1.807) is 24.5 Å². The number of nitrogens with zero attached hydrogens (tertiary/aromatic N) is 2. The van der Waals surface area contributed by atoms with Gasteiger partial charge in [-0.3, -0.25) is 0 Å². The van der Waals surface area contributed by atoms with Crippen LogP contribution in [0.3, 0.4) is 0 Å². The van der Waals surface area contributed by atoms with E-state index in [1.165, 1.54) is 0 Å². The number of hydrogen-bond acceptors (Lipinski definition) is 4.